The van der Waals surface area contributed by atoms with Gasteiger partial charge in [-0.1, -0.05) is 48.3 Å². The van der Waals surface area contributed by atoms with E-state index in [1.54, 1.807) is 12.1 Å². The van der Waals surface area contributed by atoms with Crippen LogP contribution in [0.1, 0.15) is 37.3 Å². The average Bonchev–Trinajstić information content (AvgIpc) is 2.66. The largest absolute Gasteiger partial charge is 0.371 e. The molecule has 1 saturated heterocycles. The molecule has 0 aliphatic carbocycles. The molecule has 0 unspecified atom stereocenters. The van der Waals surface area contributed by atoms with E-state index < -0.39 is 0 Å². The summed E-state index contributed by atoms with van der Waals surface area (Å²) in [4.78, 5) is 14.6. The van der Waals surface area contributed by atoms with Gasteiger partial charge in [0, 0.05) is 41.8 Å². The minimum absolute atomic E-state index is 0.0231. The highest BCUT2D eigenvalue weighted by molar-refractivity contribution is 6.35. The van der Waals surface area contributed by atoms with E-state index in [-0.39, 0.29) is 5.91 Å². The number of piperidine rings is 1. The number of nitrogens with zero attached hydrogens (tertiary/aromatic N) is 1. The summed E-state index contributed by atoms with van der Waals surface area (Å²) in [5, 5.41) is 4.20. The van der Waals surface area contributed by atoms with Crippen molar-refractivity contribution in [3.8, 4) is 0 Å². The Hall–Kier alpha value is -1.71. The Balaban J connectivity index is 1.46. The van der Waals surface area contributed by atoms with Crippen molar-refractivity contribution in [2.24, 2.45) is 5.92 Å². The van der Waals surface area contributed by atoms with Crippen molar-refractivity contribution in [3.05, 3.63) is 63.6 Å². The molecule has 3 nitrogen and oxygen atoms in total. The van der Waals surface area contributed by atoms with Crippen LogP contribution in [0.5, 0.6) is 0 Å². The number of benzene rings is 2. The van der Waals surface area contributed by atoms with E-state index in [9.17, 15) is 4.79 Å². The minimum atomic E-state index is 0.0231. The zero-order valence-electron chi connectivity index (χ0n) is 15.7. The van der Waals surface area contributed by atoms with Crippen molar-refractivity contribution in [3.63, 3.8) is 0 Å². The van der Waals surface area contributed by atoms with Crippen molar-refractivity contribution in [2.45, 2.75) is 39.2 Å². The van der Waals surface area contributed by atoms with Gasteiger partial charge in [0.05, 0.1) is 0 Å². The Morgan fingerprint density at radius 2 is 1.96 bits per heavy atom. The molecule has 0 spiro atoms. The monoisotopic (exact) mass is 404 g/mol. The molecule has 1 atom stereocenters. The maximum Gasteiger partial charge on any atom is 0.220 e. The number of aryl methyl sites for hydroxylation is 1. The van der Waals surface area contributed by atoms with E-state index in [1.165, 1.54) is 18.5 Å². The molecule has 27 heavy (non-hydrogen) atoms. The molecule has 0 aromatic heterocycles. The second-order valence-corrected chi connectivity index (χ2v) is 8.22. The van der Waals surface area contributed by atoms with Gasteiger partial charge in [-0.3, -0.25) is 4.79 Å². The highest BCUT2D eigenvalue weighted by Crippen LogP contribution is 2.24. The molecule has 1 aliphatic heterocycles. The maximum atomic E-state index is 12.1. The molecule has 1 fully saturated rings. The van der Waals surface area contributed by atoms with Crippen molar-refractivity contribution in [2.75, 3.05) is 18.0 Å². The van der Waals surface area contributed by atoms with Gasteiger partial charge in [0.25, 0.3) is 0 Å². The van der Waals surface area contributed by atoms with E-state index in [1.807, 2.05) is 6.07 Å². The van der Waals surface area contributed by atoms with Crippen LogP contribution in [-0.2, 0) is 17.8 Å². The van der Waals surface area contributed by atoms with E-state index in [0.29, 0.717) is 29.4 Å². The molecule has 144 valence electrons. The van der Waals surface area contributed by atoms with Crippen LogP contribution in [0.4, 0.5) is 5.69 Å². The molecule has 1 heterocycles. The topological polar surface area (TPSA) is 32.3 Å². The van der Waals surface area contributed by atoms with Crippen LogP contribution >= 0.6 is 23.2 Å². The van der Waals surface area contributed by atoms with Crippen molar-refractivity contribution in [1.29, 1.82) is 0 Å². The molecule has 0 saturated carbocycles. The van der Waals surface area contributed by atoms with Gasteiger partial charge in [-0.2, -0.15) is 0 Å². The van der Waals surface area contributed by atoms with E-state index >= 15 is 0 Å². The Labute approximate surface area is 171 Å². The predicted molar refractivity (Wildman–Crippen MR) is 114 cm³/mol. The third-order valence-corrected chi connectivity index (χ3v) is 5.67. The highest BCUT2D eigenvalue weighted by Gasteiger charge is 2.16. The quantitative estimate of drug-likeness (QED) is 0.690. The van der Waals surface area contributed by atoms with E-state index in [2.05, 4.69) is 41.4 Å². The molecule has 0 radical (unpaired) electrons. The smallest absolute Gasteiger partial charge is 0.220 e. The van der Waals surface area contributed by atoms with Gasteiger partial charge in [0.2, 0.25) is 5.91 Å². The molecule has 2 aromatic carbocycles. The third-order valence-electron chi connectivity index (χ3n) is 5.08. The van der Waals surface area contributed by atoms with Crippen LogP contribution in [0.2, 0.25) is 10.0 Å². The lowest BCUT2D eigenvalue weighted by Crippen LogP contribution is -2.34. The van der Waals surface area contributed by atoms with Gasteiger partial charge in [0.15, 0.2) is 0 Å². The zero-order valence-corrected chi connectivity index (χ0v) is 17.2. The molecule has 2 aromatic rings. The van der Waals surface area contributed by atoms with Gasteiger partial charge in [-0.25, -0.2) is 0 Å². The molecule has 0 bridgehead atoms. The number of carbonyl (C=O) groups is 1. The number of amides is 1. The van der Waals surface area contributed by atoms with Gasteiger partial charge in [0.1, 0.15) is 0 Å². The summed E-state index contributed by atoms with van der Waals surface area (Å²) in [6.07, 6.45) is 3.59. The number of nitrogens with one attached hydrogen (secondary N) is 1. The average molecular weight is 405 g/mol. The fourth-order valence-corrected chi connectivity index (χ4v) is 4.01. The Bertz CT molecular complexity index is 776. The lowest BCUT2D eigenvalue weighted by atomic mass is 9.99. The first-order chi connectivity index (χ1) is 13.0. The maximum absolute atomic E-state index is 12.1. The molecular weight excluding hydrogens is 379 g/mol. The van der Waals surface area contributed by atoms with E-state index in [0.717, 1.165) is 30.1 Å². The Morgan fingerprint density at radius 3 is 2.67 bits per heavy atom. The van der Waals surface area contributed by atoms with Crippen molar-refractivity contribution in [1.82, 2.24) is 5.32 Å². The summed E-state index contributed by atoms with van der Waals surface area (Å²) in [6.45, 7) is 5.12. The molecular formula is C22H26Cl2N2O. The van der Waals surface area contributed by atoms with Gasteiger partial charge < -0.3 is 10.2 Å². The molecule has 1 aliphatic rings. The third kappa shape index (κ3) is 5.88. The fourth-order valence-electron chi connectivity index (χ4n) is 3.51. The molecule has 3 rings (SSSR count). The number of rotatable bonds is 6. The van der Waals surface area contributed by atoms with Crippen molar-refractivity contribution < 1.29 is 4.79 Å². The van der Waals surface area contributed by atoms with Gasteiger partial charge in [-0.05, 0) is 60.6 Å². The van der Waals surface area contributed by atoms with Crippen LogP contribution in [0.3, 0.4) is 0 Å². The van der Waals surface area contributed by atoms with Crippen LogP contribution in [0, 0.1) is 5.92 Å². The Morgan fingerprint density at radius 1 is 1.19 bits per heavy atom. The SMILES string of the molecule is C[C@H]1CCCN(c2ccc(CNC(=O)CCc3ccc(Cl)cc3Cl)cc2)C1. The number of anilines is 1. The normalized spacial score (nSPS) is 17.0. The number of hydrogen-bond acceptors (Lipinski definition) is 2. The van der Waals surface area contributed by atoms with Gasteiger partial charge in [-0.15, -0.1) is 0 Å². The zero-order chi connectivity index (χ0) is 19.2. The summed E-state index contributed by atoms with van der Waals surface area (Å²) in [7, 11) is 0. The van der Waals surface area contributed by atoms with Crippen LogP contribution in [-0.4, -0.2) is 19.0 Å². The molecule has 1 amide bonds. The predicted octanol–water partition coefficient (Wildman–Crippen LogP) is 5.48. The second-order valence-electron chi connectivity index (χ2n) is 7.37. The minimum Gasteiger partial charge on any atom is -0.371 e. The highest BCUT2D eigenvalue weighted by atomic mass is 35.5. The number of carbonyl (C=O) groups excluding carboxylic acids is 1. The lowest BCUT2D eigenvalue weighted by Gasteiger charge is -2.32. The number of halogens is 2. The van der Waals surface area contributed by atoms with Crippen molar-refractivity contribution >= 4 is 34.8 Å². The van der Waals surface area contributed by atoms with E-state index in [4.69, 9.17) is 23.2 Å². The summed E-state index contributed by atoms with van der Waals surface area (Å²) < 4.78 is 0. The van der Waals surface area contributed by atoms with Crippen LogP contribution in [0.25, 0.3) is 0 Å². The first kappa shape index (κ1) is 20.0. The number of hydrogen-bond donors (Lipinski definition) is 1. The summed E-state index contributed by atoms with van der Waals surface area (Å²) in [6, 6.07) is 13.9. The first-order valence-electron chi connectivity index (χ1n) is 9.56. The molecule has 1 N–H and O–H groups in total. The Kier molecular flexibility index (Phi) is 7.03. The van der Waals surface area contributed by atoms with Crippen LogP contribution < -0.4 is 10.2 Å². The lowest BCUT2D eigenvalue weighted by molar-refractivity contribution is -0.121. The second kappa shape index (κ2) is 9.48. The first-order valence-corrected chi connectivity index (χ1v) is 10.3. The summed E-state index contributed by atoms with van der Waals surface area (Å²) >= 11 is 12.1. The standard InChI is InChI=1S/C22H26Cl2N2O/c1-16-3-2-12-26(15-16)20-9-4-17(5-10-20)14-25-22(27)11-7-18-6-8-19(23)13-21(18)24/h4-6,8-10,13,16H,2-3,7,11-12,14-15H2,1H3,(H,25,27)/t16-/m0/s1. The molecule has 5 heteroatoms. The van der Waals surface area contributed by atoms with Gasteiger partial charge >= 0.3 is 0 Å². The summed E-state index contributed by atoms with van der Waals surface area (Å²) in [5.74, 6) is 0.779. The summed E-state index contributed by atoms with van der Waals surface area (Å²) in [5.41, 5.74) is 3.33. The van der Waals surface area contributed by atoms with Crippen LogP contribution in [0.15, 0.2) is 42.5 Å². The fraction of sp³-hybridized carbons (Fsp3) is 0.409.